The van der Waals surface area contributed by atoms with Crippen LogP contribution in [0.15, 0.2) is 18.2 Å². The van der Waals surface area contributed by atoms with E-state index in [1.807, 2.05) is 6.92 Å². The van der Waals surface area contributed by atoms with Crippen LogP contribution in [0, 0.1) is 18.7 Å². The molecule has 1 fully saturated rings. The average molecular weight is 250 g/mol. The van der Waals surface area contributed by atoms with Gasteiger partial charge in [0.1, 0.15) is 5.82 Å². The Kier molecular flexibility index (Phi) is 3.97. The monoisotopic (exact) mass is 250 g/mol. The van der Waals surface area contributed by atoms with Crippen molar-refractivity contribution in [2.75, 3.05) is 6.54 Å². The molecule has 0 aliphatic heterocycles. The van der Waals surface area contributed by atoms with Gasteiger partial charge in [-0.25, -0.2) is 4.39 Å². The first-order valence-corrected chi connectivity index (χ1v) is 6.39. The van der Waals surface area contributed by atoms with Crippen LogP contribution < -0.4 is 11.1 Å². The van der Waals surface area contributed by atoms with Crippen LogP contribution in [0.25, 0.3) is 0 Å². The zero-order valence-corrected chi connectivity index (χ0v) is 10.6. The highest BCUT2D eigenvalue weighted by Crippen LogP contribution is 2.25. The molecular weight excluding hydrogens is 231 g/mol. The molecule has 0 saturated heterocycles. The van der Waals surface area contributed by atoms with Crippen molar-refractivity contribution in [3.63, 3.8) is 0 Å². The van der Waals surface area contributed by atoms with E-state index in [-0.39, 0.29) is 17.5 Å². The molecule has 0 aromatic heterocycles. The molecule has 2 atom stereocenters. The lowest BCUT2D eigenvalue weighted by molar-refractivity contribution is 0.0924. The number of nitrogens with one attached hydrogen (secondary N) is 1. The van der Waals surface area contributed by atoms with Gasteiger partial charge < -0.3 is 11.1 Å². The van der Waals surface area contributed by atoms with Gasteiger partial charge in [-0.1, -0.05) is 18.1 Å². The number of hydrogen-bond donors (Lipinski definition) is 2. The molecule has 1 aliphatic carbocycles. The van der Waals surface area contributed by atoms with Crippen molar-refractivity contribution in [2.45, 2.75) is 32.2 Å². The summed E-state index contributed by atoms with van der Waals surface area (Å²) in [6.45, 7) is 2.41. The summed E-state index contributed by atoms with van der Waals surface area (Å²) in [6.07, 6.45) is 3.04. The molecule has 2 unspecified atom stereocenters. The molecule has 1 aliphatic rings. The van der Waals surface area contributed by atoms with E-state index < -0.39 is 5.82 Å². The molecule has 18 heavy (non-hydrogen) atoms. The quantitative estimate of drug-likeness (QED) is 0.862. The fourth-order valence-electron chi connectivity index (χ4n) is 2.57. The molecule has 1 aromatic rings. The third-order valence-corrected chi connectivity index (χ3v) is 3.64. The highest BCUT2D eigenvalue weighted by Gasteiger charge is 2.28. The maximum absolute atomic E-state index is 13.6. The van der Waals surface area contributed by atoms with Crippen molar-refractivity contribution in [3.8, 4) is 0 Å². The molecule has 2 rings (SSSR count). The van der Waals surface area contributed by atoms with Gasteiger partial charge in [0, 0.05) is 6.04 Å². The number of carbonyl (C=O) groups is 1. The van der Waals surface area contributed by atoms with E-state index in [1.165, 1.54) is 6.07 Å². The predicted octanol–water partition coefficient (Wildman–Crippen LogP) is 1.99. The van der Waals surface area contributed by atoms with Crippen LogP contribution in [-0.2, 0) is 0 Å². The second-order valence-electron chi connectivity index (χ2n) is 4.99. The largest absolute Gasteiger partial charge is 0.349 e. The van der Waals surface area contributed by atoms with Gasteiger partial charge in [-0.3, -0.25) is 4.79 Å². The predicted molar refractivity (Wildman–Crippen MR) is 68.8 cm³/mol. The summed E-state index contributed by atoms with van der Waals surface area (Å²) in [7, 11) is 0. The van der Waals surface area contributed by atoms with E-state index in [0.717, 1.165) is 24.8 Å². The Balaban J connectivity index is 2.09. The lowest BCUT2D eigenvalue weighted by Gasteiger charge is -2.19. The van der Waals surface area contributed by atoms with E-state index in [1.54, 1.807) is 12.1 Å². The number of benzene rings is 1. The summed E-state index contributed by atoms with van der Waals surface area (Å²) in [6, 6.07) is 4.66. The van der Waals surface area contributed by atoms with Crippen molar-refractivity contribution in [2.24, 2.45) is 11.7 Å². The first-order chi connectivity index (χ1) is 8.61. The third-order valence-electron chi connectivity index (χ3n) is 3.64. The summed E-state index contributed by atoms with van der Waals surface area (Å²) in [5.41, 5.74) is 6.67. The van der Waals surface area contributed by atoms with Gasteiger partial charge in [0.2, 0.25) is 0 Å². The van der Waals surface area contributed by atoms with Crippen molar-refractivity contribution >= 4 is 5.91 Å². The minimum atomic E-state index is -0.472. The van der Waals surface area contributed by atoms with Crippen molar-refractivity contribution in [1.82, 2.24) is 5.32 Å². The van der Waals surface area contributed by atoms with E-state index in [2.05, 4.69) is 5.32 Å². The highest BCUT2D eigenvalue weighted by atomic mass is 19.1. The van der Waals surface area contributed by atoms with Crippen LogP contribution >= 0.6 is 0 Å². The lowest BCUT2D eigenvalue weighted by Crippen LogP contribution is -2.40. The smallest absolute Gasteiger partial charge is 0.254 e. The fraction of sp³-hybridized carbons (Fsp3) is 0.500. The summed E-state index contributed by atoms with van der Waals surface area (Å²) >= 11 is 0. The molecule has 0 heterocycles. The molecule has 4 heteroatoms. The van der Waals surface area contributed by atoms with Crippen LogP contribution in [0.1, 0.15) is 35.2 Å². The number of halogens is 1. The Bertz CT molecular complexity index is 447. The average Bonchev–Trinajstić information content (AvgIpc) is 2.79. The second kappa shape index (κ2) is 5.48. The first-order valence-electron chi connectivity index (χ1n) is 6.39. The Morgan fingerprint density at radius 1 is 1.50 bits per heavy atom. The molecule has 1 saturated carbocycles. The Morgan fingerprint density at radius 3 is 3.00 bits per heavy atom. The van der Waals surface area contributed by atoms with Gasteiger partial charge in [-0.15, -0.1) is 0 Å². The number of carbonyl (C=O) groups excluding carboxylic acids is 1. The van der Waals surface area contributed by atoms with Crippen molar-refractivity contribution < 1.29 is 9.18 Å². The van der Waals surface area contributed by atoms with Crippen molar-refractivity contribution in [1.29, 1.82) is 0 Å². The molecule has 1 aromatic carbocycles. The van der Waals surface area contributed by atoms with Gasteiger partial charge >= 0.3 is 0 Å². The van der Waals surface area contributed by atoms with Crippen molar-refractivity contribution in [3.05, 3.63) is 35.1 Å². The van der Waals surface area contributed by atoms with Crippen LogP contribution in [0.3, 0.4) is 0 Å². The van der Waals surface area contributed by atoms with Gasteiger partial charge in [0.15, 0.2) is 0 Å². The summed E-state index contributed by atoms with van der Waals surface area (Å²) in [5, 5.41) is 2.91. The number of amides is 1. The van der Waals surface area contributed by atoms with Gasteiger partial charge in [-0.2, -0.15) is 0 Å². The topological polar surface area (TPSA) is 55.1 Å². The molecule has 3 N–H and O–H groups in total. The zero-order chi connectivity index (χ0) is 13.1. The van der Waals surface area contributed by atoms with Crippen LogP contribution in [0.4, 0.5) is 4.39 Å². The van der Waals surface area contributed by atoms with Gasteiger partial charge in [0.25, 0.3) is 5.91 Å². The first kappa shape index (κ1) is 13.0. The molecule has 3 nitrogen and oxygen atoms in total. The normalized spacial score (nSPS) is 23.1. The standard InChI is InChI=1S/C14H19FN2O/c1-9-5-6-12(15)11(7-9)14(18)17-13-4-2-3-10(13)8-16/h5-7,10,13H,2-4,8,16H2,1H3,(H,17,18). The summed E-state index contributed by atoms with van der Waals surface area (Å²) in [5.74, 6) is -0.483. The summed E-state index contributed by atoms with van der Waals surface area (Å²) in [4.78, 5) is 12.0. The number of aryl methyl sites for hydroxylation is 1. The zero-order valence-electron chi connectivity index (χ0n) is 10.6. The summed E-state index contributed by atoms with van der Waals surface area (Å²) < 4.78 is 13.6. The Labute approximate surface area is 107 Å². The second-order valence-corrected chi connectivity index (χ2v) is 4.99. The molecule has 0 radical (unpaired) electrons. The number of nitrogens with two attached hydrogens (primary N) is 1. The minimum Gasteiger partial charge on any atom is -0.349 e. The Hall–Kier alpha value is -1.42. The highest BCUT2D eigenvalue weighted by molar-refractivity contribution is 5.94. The SMILES string of the molecule is Cc1ccc(F)c(C(=O)NC2CCCC2CN)c1. The number of rotatable bonds is 3. The number of hydrogen-bond acceptors (Lipinski definition) is 2. The molecule has 0 bridgehead atoms. The van der Waals surface area contributed by atoms with Gasteiger partial charge in [-0.05, 0) is 44.4 Å². The maximum atomic E-state index is 13.6. The van der Waals surface area contributed by atoms with E-state index in [9.17, 15) is 9.18 Å². The van der Waals surface area contributed by atoms with Crippen LogP contribution in [-0.4, -0.2) is 18.5 Å². The van der Waals surface area contributed by atoms with Gasteiger partial charge in [0.05, 0.1) is 5.56 Å². The molecule has 1 amide bonds. The third kappa shape index (κ3) is 2.70. The maximum Gasteiger partial charge on any atom is 0.254 e. The molecule has 0 spiro atoms. The van der Waals surface area contributed by atoms with Crippen LogP contribution in [0.5, 0.6) is 0 Å². The molecular formula is C14H19FN2O. The fourth-order valence-corrected chi connectivity index (χ4v) is 2.57. The Morgan fingerprint density at radius 2 is 2.28 bits per heavy atom. The van der Waals surface area contributed by atoms with E-state index >= 15 is 0 Å². The lowest BCUT2D eigenvalue weighted by atomic mass is 10.0. The minimum absolute atomic E-state index is 0.0856. The van der Waals surface area contributed by atoms with Crippen LogP contribution in [0.2, 0.25) is 0 Å². The van der Waals surface area contributed by atoms with E-state index in [0.29, 0.717) is 12.5 Å². The molecule has 98 valence electrons. The van der Waals surface area contributed by atoms with E-state index in [4.69, 9.17) is 5.73 Å².